The average molecular weight is 302 g/mol. The van der Waals surface area contributed by atoms with Gasteiger partial charge in [-0.2, -0.15) is 13.2 Å². The van der Waals surface area contributed by atoms with Gasteiger partial charge in [0.2, 0.25) is 0 Å². The molecule has 0 aliphatic heterocycles. The molecule has 21 heavy (non-hydrogen) atoms. The number of carboxylic acid groups (broad SMARTS) is 1. The predicted octanol–water partition coefficient (Wildman–Crippen LogP) is 2.08. The first-order valence-electron chi connectivity index (χ1n) is 6.35. The molecule has 1 amide bonds. The van der Waals surface area contributed by atoms with E-state index in [9.17, 15) is 22.8 Å². The molecule has 1 aromatic rings. The molecule has 8 heteroatoms. The number of nitrogens with one attached hydrogen (secondary N) is 1. The molecule has 1 aromatic heterocycles. The molecule has 0 radical (unpaired) electrons. The highest BCUT2D eigenvalue weighted by Crippen LogP contribution is 2.31. The zero-order valence-electron chi connectivity index (χ0n) is 10.9. The summed E-state index contributed by atoms with van der Waals surface area (Å²) in [6.07, 6.45) is -2.51. The summed E-state index contributed by atoms with van der Waals surface area (Å²) in [6, 6.07) is 1.45. The van der Waals surface area contributed by atoms with Crippen LogP contribution in [-0.4, -0.2) is 28.0 Å². The number of nitrogens with zero attached hydrogens (tertiary/aromatic N) is 1. The number of pyridine rings is 1. The molecule has 0 bridgehead atoms. The summed E-state index contributed by atoms with van der Waals surface area (Å²) in [5.74, 6) is -2.46. The Morgan fingerprint density at radius 3 is 2.62 bits per heavy atom. The molecule has 0 spiro atoms. The normalized spacial score (nSPS) is 22.0. The maximum Gasteiger partial charge on any atom is 0.418 e. The van der Waals surface area contributed by atoms with Crippen molar-refractivity contribution in [1.29, 1.82) is 0 Å². The van der Waals surface area contributed by atoms with Gasteiger partial charge >= 0.3 is 12.1 Å². The molecule has 2 N–H and O–H groups in total. The lowest BCUT2D eigenvalue weighted by molar-refractivity contribution is -0.141. The quantitative estimate of drug-likeness (QED) is 0.896. The van der Waals surface area contributed by atoms with Gasteiger partial charge in [0.25, 0.3) is 5.91 Å². The predicted molar refractivity (Wildman–Crippen MR) is 65.5 cm³/mol. The van der Waals surface area contributed by atoms with Crippen LogP contribution in [0.2, 0.25) is 0 Å². The van der Waals surface area contributed by atoms with E-state index in [2.05, 4.69) is 10.3 Å². The first-order valence-corrected chi connectivity index (χ1v) is 6.35. The summed E-state index contributed by atoms with van der Waals surface area (Å²) in [5, 5.41) is 11.3. The van der Waals surface area contributed by atoms with Crippen molar-refractivity contribution in [1.82, 2.24) is 10.3 Å². The highest BCUT2D eigenvalue weighted by Gasteiger charge is 2.37. The number of carbonyl (C=O) groups is 2. The standard InChI is InChI=1S/C13H13F3N2O3/c14-13(15,16)9-2-1-5-17-10(9)11(19)18-8-4-3-7(6-8)12(20)21/h1-2,5,7-8H,3-4,6H2,(H,18,19)(H,20,21)/t7-,8+/m0/s1. The Hall–Kier alpha value is -2.12. The molecule has 1 aliphatic rings. The van der Waals surface area contributed by atoms with E-state index in [1.165, 1.54) is 0 Å². The summed E-state index contributed by atoms with van der Waals surface area (Å²) in [7, 11) is 0. The zero-order valence-corrected chi connectivity index (χ0v) is 10.9. The third-order valence-electron chi connectivity index (χ3n) is 3.45. The Bertz CT molecular complexity index is 560. The minimum absolute atomic E-state index is 0.218. The van der Waals surface area contributed by atoms with Crippen molar-refractivity contribution >= 4 is 11.9 Å². The van der Waals surface area contributed by atoms with Crippen LogP contribution in [0.5, 0.6) is 0 Å². The molecule has 2 atom stereocenters. The topological polar surface area (TPSA) is 79.3 Å². The van der Waals surface area contributed by atoms with Crippen molar-refractivity contribution in [3.05, 3.63) is 29.6 Å². The first kappa shape index (κ1) is 15.3. The number of aromatic nitrogens is 1. The summed E-state index contributed by atoms with van der Waals surface area (Å²) in [4.78, 5) is 26.2. The second-order valence-electron chi connectivity index (χ2n) is 4.92. The second kappa shape index (κ2) is 5.71. The van der Waals surface area contributed by atoms with Crippen LogP contribution in [-0.2, 0) is 11.0 Å². The molecule has 1 aliphatic carbocycles. The molecular formula is C13H13F3N2O3. The largest absolute Gasteiger partial charge is 0.481 e. The van der Waals surface area contributed by atoms with E-state index in [1.54, 1.807) is 0 Å². The van der Waals surface area contributed by atoms with Crippen molar-refractivity contribution in [2.75, 3.05) is 0 Å². The molecule has 1 fully saturated rings. The SMILES string of the molecule is O=C(N[C@@H]1CC[C@H](C(=O)O)C1)c1ncccc1C(F)(F)F. The summed E-state index contributed by atoms with van der Waals surface area (Å²) < 4.78 is 38.4. The fourth-order valence-corrected chi connectivity index (χ4v) is 2.41. The number of carboxylic acids is 1. The molecule has 114 valence electrons. The fraction of sp³-hybridized carbons (Fsp3) is 0.462. The van der Waals surface area contributed by atoms with Crippen LogP contribution in [0.1, 0.15) is 35.3 Å². The number of amides is 1. The van der Waals surface area contributed by atoms with Gasteiger partial charge in [0.1, 0.15) is 5.69 Å². The third-order valence-corrected chi connectivity index (χ3v) is 3.45. The number of hydrogen-bond donors (Lipinski definition) is 2. The van der Waals surface area contributed by atoms with Gasteiger partial charge in [0.15, 0.2) is 0 Å². The van der Waals surface area contributed by atoms with Gasteiger partial charge < -0.3 is 10.4 Å². The minimum atomic E-state index is -4.67. The highest BCUT2D eigenvalue weighted by molar-refractivity contribution is 5.94. The van der Waals surface area contributed by atoms with Crippen LogP contribution >= 0.6 is 0 Å². The van der Waals surface area contributed by atoms with Crippen molar-refractivity contribution in [2.24, 2.45) is 5.92 Å². The molecule has 0 saturated heterocycles. The summed E-state index contributed by atoms with van der Waals surface area (Å²) in [5.41, 5.74) is -1.79. The lowest BCUT2D eigenvalue weighted by Gasteiger charge is -2.15. The molecular weight excluding hydrogens is 289 g/mol. The van der Waals surface area contributed by atoms with Crippen LogP contribution in [0.15, 0.2) is 18.3 Å². The monoisotopic (exact) mass is 302 g/mol. The Labute approximate surface area is 118 Å². The van der Waals surface area contributed by atoms with Crippen LogP contribution in [0.4, 0.5) is 13.2 Å². The summed E-state index contributed by atoms with van der Waals surface area (Å²) >= 11 is 0. The number of alkyl halides is 3. The van der Waals surface area contributed by atoms with Crippen molar-refractivity contribution < 1.29 is 27.9 Å². The van der Waals surface area contributed by atoms with Gasteiger partial charge in [-0.25, -0.2) is 0 Å². The second-order valence-corrected chi connectivity index (χ2v) is 4.92. The maximum atomic E-state index is 12.8. The maximum absolute atomic E-state index is 12.8. The van der Waals surface area contributed by atoms with Crippen LogP contribution in [0.3, 0.4) is 0 Å². The average Bonchev–Trinajstić information content (AvgIpc) is 2.86. The van der Waals surface area contributed by atoms with E-state index >= 15 is 0 Å². The Morgan fingerprint density at radius 2 is 2.05 bits per heavy atom. The van der Waals surface area contributed by atoms with Crippen LogP contribution in [0.25, 0.3) is 0 Å². The van der Waals surface area contributed by atoms with E-state index in [1.807, 2.05) is 0 Å². The highest BCUT2D eigenvalue weighted by atomic mass is 19.4. The molecule has 2 rings (SSSR count). The lowest BCUT2D eigenvalue weighted by atomic mass is 10.1. The Kier molecular flexibility index (Phi) is 4.15. The van der Waals surface area contributed by atoms with E-state index in [0.29, 0.717) is 12.8 Å². The van der Waals surface area contributed by atoms with E-state index in [-0.39, 0.29) is 6.42 Å². The van der Waals surface area contributed by atoms with Gasteiger partial charge in [-0.15, -0.1) is 0 Å². The van der Waals surface area contributed by atoms with E-state index < -0.39 is 41.3 Å². The fourth-order valence-electron chi connectivity index (χ4n) is 2.41. The zero-order chi connectivity index (χ0) is 15.6. The number of halogens is 3. The number of rotatable bonds is 3. The van der Waals surface area contributed by atoms with Crippen molar-refractivity contribution in [2.45, 2.75) is 31.5 Å². The van der Waals surface area contributed by atoms with Gasteiger partial charge in [0.05, 0.1) is 11.5 Å². The van der Waals surface area contributed by atoms with Gasteiger partial charge in [-0.1, -0.05) is 0 Å². The van der Waals surface area contributed by atoms with Gasteiger partial charge in [0, 0.05) is 12.2 Å². The molecule has 1 saturated carbocycles. The third kappa shape index (κ3) is 3.50. The van der Waals surface area contributed by atoms with Crippen molar-refractivity contribution in [3.63, 3.8) is 0 Å². The molecule has 0 unspecified atom stereocenters. The first-order chi connectivity index (χ1) is 9.79. The molecule has 5 nitrogen and oxygen atoms in total. The Morgan fingerprint density at radius 1 is 1.33 bits per heavy atom. The summed E-state index contributed by atoms with van der Waals surface area (Å²) in [6.45, 7) is 0. The van der Waals surface area contributed by atoms with E-state index in [0.717, 1.165) is 18.3 Å². The van der Waals surface area contributed by atoms with Crippen molar-refractivity contribution in [3.8, 4) is 0 Å². The smallest absolute Gasteiger partial charge is 0.418 e. The van der Waals surface area contributed by atoms with Gasteiger partial charge in [-0.3, -0.25) is 14.6 Å². The number of hydrogen-bond acceptors (Lipinski definition) is 3. The van der Waals surface area contributed by atoms with E-state index in [4.69, 9.17) is 5.11 Å². The number of aliphatic carboxylic acids is 1. The molecule has 0 aromatic carbocycles. The number of carbonyl (C=O) groups excluding carboxylic acids is 1. The lowest BCUT2D eigenvalue weighted by Crippen LogP contribution is -2.35. The van der Waals surface area contributed by atoms with Gasteiger partial charge in [-0.05, 0) is 31.4 Å². The molecule has 1 heterocycles. The minimum Gasteiger partial charge on any atom is -0.481 e. The Balaban J connectivity index is 2.10. The van der Waals surface area contributed by atoms with Crippen LogP contribution < -0.4 is 5.32 Å². The van der Waals surface area contributed by atoms with Crippen LogP contribution in [0, 0.1) is 5.92 Å².